The van der Waals surface area contributed by atoms with E-state index >= 15 is 0 Å². The van der Waals surface area contributed by atoms with E-state index in [0.29, 0.717) is 25.7 Å². The van der Waals surface area contributed by atoms with E-state index in [9.17, 15) is 5.11 Å². The second-order valence-electron chi connectivity index (χ2n) is 6.89. The zero-order chi connectivity index (χ0) is 17.1. The molecule has 1 unspecified atom stereocenters. The Kier molecular flexibility index (Phi) is 4.90. The van der Waals surface area contributed by atoms with Gasteiger partial charge in [-0.3, -0.25) is 4.68 Å². The van der Waals surface area contributed by atoms with Gasteiger partial charge in [-0.15, -0.1) is 0 Å². The SMILES string of the molecule is OC(CN1CCC(Cn2cccn2)CC1)c1ccc2c(c1)OCCO2. The van der Waals surface area contributed by atoms with Gasteiger partial charge in [0.1, 0.15) is 13.2 Å². The van der Waals surface area contributed by atoms with Crippen molar-refractivity contribution in [2.24, 2.45) is 5.92 Å². The van der Waals surface area contributed by atoms with Crippen molar-refractivity contribution in [3.05, 3.63) is 42.2 Å². The Hall–Kier alpha value is -2.05. The lowest BCUT2D eigenvalue weighted by Gasteiger charge is -2.33. The summed E-state index contributed by atoms with van der Waals surface area (Å²) in [6.07, 6.45) is 5.65. The first kappa shape index (κ1) is 16.4. The molecule has 0 radical (unpaired) electrons. The molecule has 0 spiro atoms. The van der Waals surface area contributed by atoms with Crippen LogP contribution in [0.2, 0.25) is 0 Å². The predicted molar refractivity (Wildman–Crippen MR) is 93.8 cm³/mol. The van der Waals surface area contributed by atoms with Crippen LogP contribution in [0.15, 0.2) is 36.7 Å². The number of ether oxygens (including phenoxy) is 2. The maximum Gasteiger partial charge on any atom is 0.161 e. The molecule has 3 heterocycles. The average molecular weight is 343 g/mol. The van der Waals surface area contributed by atoms with Crippen molar-refractivity contribution < 1.29 is 14.6 Å². The lowest BCUT2D eigenvalue weighted by molar-refractivity contribution is 0.0855. The summed E-state index contributed by atoms with van der Waals surface area (Å²) in [6.45, 7) is 4.85. The molecule has 1 N–H and O–H groups in total. The fourth-order valence-corrected chi connectivity index (χ4v) is 3.64. The van der Waals surface area contributed by atoms with Crippen LogP contribution in [-0.4, -0.2) is 52.6 Å². The number of hydrogen-bond acceptors (Lipinski definition) is 5. The number of β-amino-alcohol motifs (C(OH)–C–C–N with tert-alkyl or cyclic N) is 1. The van der Waals surface area contributed by atoms with E-state index in [1.54, 1.807) is 0 Å². The third kappa shape index (κ3) is 3.96. The van der Waals surface area contributed by atoms with Gasteiger partial charge in [0.15, 0.2) is 11.5 Å². The summed E-state index contributed by atoms with van der Waals surface area (Å²) in [5.41, 5.74) is 0.892. The molecule has 0 bridgehead atoms. The molecule has 4 rings (SSSR count). The Bertz CT molecular complexity index is 681. The summed E-state index contributed by atoms with van der Waals surface area (Å²) in [5, 5.41) is 14.9. The largest absolute Gasteiger partial charge is 0.486 e. The van der Waals surface area contributed by atoms with Crippen LogP contribution in [0.1, 0.15) is 24.5 Å². The molecule has 0 aliphatic carbocycles. The van der Waals surface area contributed by atoms with Gasteiger partial charge in [0.05, 0.1) is 6.10 Å². The molecule has 6 heteroatoms. The van der Waals surface area contributed by atoms with Gasteiger partial charge >= 0.3 is 0 Å². The highest BCUT2D eigenvalue weighted by Gasteiger charge is 2.23. The predicted octanol–water partition coefficient (Wildman–Crippen LogP) is 2.10. The molecular weight excluding hydrogens is 318 g/mol. The molecule has 2 aromatic rings. The summed E-state index contributed by atoms with van der Waals surface area (Å²) in [5.74, 6) is 2.17. The molecule has 1 aromatic carbocycles. The monoisotopic (exact) mass is 343 g/mol. The van der Waals surface area contributed by atoms with Gasteiger partial charge < -0.3 is 19.5 Å². The number of nitrogens with zero attached hydrogens (tertiary/aromatic N) is 3. The molecule has 2 aliphatic rings. The zero-order valence-corrected chi connectivity index (χ0v) is 14.4. The van der Waals surface area contributed by atoms with Crippen LogP contribution >= 0.6 is 0 Å². The van der Waals surface area contributed by atoms with E-state index in [0.717, 1.165) is 49.5 Å². The second-order valence-corrected chi connectivity index (χ2v) is 6.89. The Morgan fingerprint density at radius 1 is 1.16 bits per heavy atom. The maximum atomic E-state index is 10.6. The van der Waals surface area contributed by atoms with Crippen LogP contribution in [0.4, 0.5) is 0 Å². The van der Waals surface area contributed by atoms with Crippen molar-refractivity contribution in [3.63, 3.8) is 0 Å². The highest BCUT2D eigenvalue weighted by molar-refractivity contribution is 5.44. The Balaban J connectivity index is 1.29. The summed E-state index contributed by atoms with van der Waals surface area (Å²) in [6, 6.07) is 7.70. The van der Waals surface area contributed by atoms with Crippen molar-refractivity contribution in [1.29, 1.82) is 0 Å². The molecular formula is C19H25N3O3. The summed E-state index contributed by atoms with van der Waals surface area (Å²) >= 11 is 0. The lowest BCUT2D eigenvalue weighted by atomic mass is 9.96. The van der Waals surface area contributed by atoms with Crippen LogP contribution in [0.5, 0.6) is 11.5 Å². The van der Waals surface area contributed by atoms with Crippen LogP contribution in [0.25, 0.3) is 0 Å². The van der Waals surface area contributed by atoms with E-state index in [1.807, 2.05) is 41.3 Å². The molecule has 134 valence electrons. The quantitative estimate of drug-likeness (QED) is 0.901. The van der Waals surface area contributed by atoms with Crippen LogP contribution < -0.4 is 9.47 Å². The molecule has 1 saturated heterocycles. The van der Waals surface area contributed by atoms with Crippen LogP contribution in [0, 0.1) is 5.92 Å². The minimum Gasteiger partial charge on any atom is -0.486 e. The number of fused-ring (bicyclic) bond motifs is 1. The number of hydrogen-bond donors (Lipinski definition) is 1. The number of rotatable bonds is 5. The summed E-state index contributed by atoms with van der Waals surface area (Å²) < 4.78 is 13.2. The van der Waals surface area contributed by atoms with E-state index < -0.39 is 6.10 Å². The third-order valence-corrected chi connectivity index (χ3v) is 5.09. The van der Waals surface area contributed by atoms with Gasteiger partial charge in [0.25, 0.3) is 0 Å². The fraction of sp³-hybridized carbons (Fsp3) is 0.526. The van der Waals surface area contributed by atoms with Crippen LogP contribution in [-0.2, 0) is 6.54 Å². The summed E-state index contributed by atoms with van der Waals surface area (Å²) in [4.78, 5) is 2.35. The zero-order valence-electron chi connectivity index (χ0n) is 14.4. The van der Waals surface area contributed by atoms with Gasteiger partial charge in [-0.05, 0) is 55.6 Å². The Morgan fingerprint density at radius 3 is 2.72 bits per heavy atom. The maximum absolute atomic E-state index is 10.6. The minimum absolute atomic E-state index is 0.501. The lowest BCUT2D eigenvalue weighted by Crippen LogP contribution is -2.37. The first-order valence-electron chi connectivity index (χ1n) is 9.05. The topological polar surface area (TPSA) is 59.8 Å². The van der Waals surface area contributed by atoms with Crippen molar-refractivity contribution in [1.82, 2.24) is 14.7 Å². The molecule has 1 fully saturated rings. The highest BCUT2D eigenvalue weighted by Crippen LogP contribution is 2.33. The minimum atomic E-state index is -0.501. The van der Waals surface area contributed by atoms with Gasteiger partial charge in [-0.1, -0.05) is 6.07 Å². The molecule has 6 nitrogen and oxygen atoms in total. The number of likely N-dealkylation sites (tertiary alicyclic amines) is 1. The Labute approximate surface area is 148 Å². The molecule has 0 saturated carbocycles. The second kappa shape index (κ2) is 7.45. The van der Waals surface area contributed by atoms with E-state index in [1.165, 1.54) is 0 Å². The fourth-order valence-electron chi connectivity index (χ4n) is 3.64. The van der Waals surface area contributed by atoms with Crippen molar-refractivity contribution in [3.8, 4) is 11.5 Å². The van der Waals surface area contributed by atoms with E-state index in [4.69, 9.17) is 9.47 Å². The standard InChI is InChI=1S/C19H25N3O3/c23-17(16-2-3-18-19(12-16)25-11-10-24-18)14-21-8-4-15(5-9-21)13-22-7-1-6-20-22/h1-3,6-7,12,15,17,23H,4-5,8-11,13-14H2. The van der Waals surface area contributed by atoms with Gasteiger partial charge in [-0.2, -0.15) is 5.10 Å². The van der Waals surface area contributed by atoms with E-state index in [2.05, 4.69) is 10.00 Å². The average Bonchev–Trinajstić information content (AvgIpc) is 3.16. The third-order valence-electron chi connectivity index (χ3n) is 5.09. The van der Waals surface area contributed by atoms with Crippen molar-refractivity contribution in [2.75, 3.05) is 32.8 Å². The van der Waals surface area contributed by atoms with Gasteiger partial charge in [0.2, 0.25) is 0 Å². The number of aliphatic hydroxyl groups is 1. The van der Waals surface area contributed by atoms with Crippen LogP contribution in [0.3, 0.4) is 0 Å². The molecule has 1 aromatic heterocycles. The smallest absolute Gasteiger partial charge is 0.161 e. The van der Waals surface area contributed by atoms with Crippen molar-refractivity contribution in [2.45, 2.75) is 25.5 Å². The van der Waals surface area contributed by atoms with Gasteiger partial charge in [-0.25, -0.2) is 0 Å². The van der Waals surface area contributed by atoms with E-state index in [-0.39, 0.29) is 0 Å². The van der Waals surface area contributed by atoms with Gasteiger partial charge in [0, 0.05) is 25.5 Å². The highest BCUT2D eigenvalue weighted by atomic mass is 16.6. The Morgan fingerprint density at radius 2 is 1.96 bits per heavy atom. The first-order chi connectivity index (χ1) is 12.3. The number of benzene rings is 1. The molecule has 0 amide bonds. The molecule has 2 aliphatic heterocycles. The first-order valence-corrected chi connectivity index (χ1v) is 9.05. The number of aromatic nitrogens is 2. The normalized spacial score (nSPS) is 19.7. The summed E-state index contributed by atoms with van der Waals surface area (Å²) in [7, 11) is 0. The molecule has 1 atom stereocenters. The van der Waals surface area contributed by atoms with Crippen molar-refractivity contribution >= 4 is 0 Å². The number of aliphatic hydroxyl groups excluding tert-OH is 1. The number of piperidine rings is 1. The molecule has 25 heavy (non-hydrogen) atoms.